The van der Waals surface area contributed by atoms with Crippen LogP contribution in [0.25, 0.3) is 0 Å². The molecule has 1 N–H and O–H groups in total. The zero-order valence-electron chi connectivity index (χ0n) is 11.4. The average Bonchev–Trinajstić information content (AvgIpc) is 2.81. The normalized spacial score (nSPS) is 20.2. The van der Waals surface area contributed by atoms with Crippen molar-refractivity contribution in [2.45, 2.75) is 51.2 Å². The van der Waals surface area contributed by atoms with Gasteiger partial charge in [0.15, 0.2) is 0 Å². The Kier molecular flexibility index (Phi) is 3.83. The number of fused-ring (bicyclic) bond motifs is 1. The molecule has 0 saturated heterocycles. The first-order valence-corrected chi connectivity index (χ1v) is 7.40. The minimum atomic E-state index is 0.194. The summed E-state index contributed by atoms with van der Waals surface area (Å²) in [5.74, 6) is 0.194. The molecule has 19 heavy (non-hydrogen) atoms. The van der Waals surface area contributed by atoms with E-state index in [1.54, 1.807) is 0 Å². The lowest BCUT2D eigenvalue weighted by atomic mass is 9.95. The Morgan fingerprint density at radius 3 is 2.37 bits per heavy atom. The zero-order chi connectivity index (χ0) is 13.1. The zero-order valence-corrected chi connectivity index (χ0v) is 11.4. The predicted octanol–water partition coefficient (Wildman–Crippen LogP) is 2.45. The van der Waals surface area contributed by atoms with Gasteiger partial charge < -0.3 is 5.32 Å². The molecule has 1 fully saturated rings. The summed E-state index contributed by atoms with van der Waals surface area (Å²) in [6.45, 7) is 2.35. The van der Waals surface area contributed by atoms with E-state index in [0.717, 1.165) is 25.9 Å². The van der Waals surface area contributed by atoms with Crippen LogP contribution in [0.5, 0.6) is 0 Å². The molecule has 0 atom stereocenters. The molecular weight excluding hydrogens is 236 g/mol. The van der Waals surface area contributed by atoms with Crippen molar-refractivity contribution in [2.75, 3.05) is 6.54 Å². The Balaban J connectivity index is 1.49. The maximum atomic E-state index is 12.1. The van der Waals surface area contributed by atoms with E-state index < -0.39 is 0 Å². The Hall–Kier alpha value is -1.35. The van der Waals surface area contributed by atoms with E-state index >= 15 is 0 Å². The van der Waals surface area contributed by atoms with Crippen LogP contribution in [0.2, 0.25) is 0 Å². The van der Waals surface area contributed by atoms with Crippen LogP contribution in [0.4, 0.5) is 0 Å². The average molecular weight is 258 g/mol. The van der Waals surface area contributed by atoms with Gasteiger partial charge in [0, 0.05) is 19.1 Å². The summed E-state index contributed by atoms with van der Waals surface area (Å²) in [7, 11) is 0. The van der Waals surface area contributed by atoms with Crippen LogP contribution in [0.3, 0.4) is 0 Å². The Labute approximate surface area is 115 Å². The summed E-state index contributed by atoms with van der Waals surface area (Å²) in [5, 5.41) is 3.19. The van der Waals surface area contributed by atoms with Crippen LogP contribution in [0.15, 0.2) is 24.3 Å². The molecule has 0 unspecified atom stereocenters. The molecule has 3 heteroatoms. The van der Waals surface area contributed by atoms with Gasteiger partial charge >= 0.3 is 0 Å². The van der Waals surface area contributed by atoms with Crippen LogP contribution in [0.1, 0.15) is 43.2 Å². The molecule has 102 valence electrons. The highest BCUT2D eigenvalue weighted by molar-refractivity contribution is 5.78. The van der Waals surface area contributed by atoms with Gasteiger partial charge in [-0.25, -0.2) is 0 Å². The molecule has 1 aromatic rings. The first kappa shape index (κ1) is 12.7. The van der Waals surface area contributed by atoms with Gasteiger partial charge in [0.1, 0.15) is 0 Å². The highest BCUT2D eigenvalue weighted by atomic mass is 16.2. The SMILES string of the molecule is O=C(CN1Cc2ccccc2C1)NC1CCCCC1. The van der Waals surface area contributed by atoms with Gasteiger partial charge in [-0.1, -0.05) is 43.5 Å². The molecule has 0 spiro atoms. The van der Waals surface area contributed by atoms with E-state index in [2.05, 4.69) is 34.5 Å². The molecule has 0 bridgehead atoms. The number of rotatable bonds is 3. The van der Waals surface area contributed by atoms with Gasteiger partial charge in [-0.3, -0.25) is 9.69 Å². The molecule has 1 heterocycles. The lowest BCUT2D eigenvalue weighted by Crippen LogP contribution is -2.41. The number of nitrogens with one attached hydrogen (secondary N) is 1. The van der Waals surface area contributed by atoms with Gasteiger partial charge in [-0.15, -0.1) is 0 Å². The fourth-order valence-corrected chi connectivity index (χ4v) is 3.24. The van der Waals surface area contributed by atoms with Crippen molar-refractivity contribution in [3.8, 4) is 0 Å². The fraction of sp³-hybridized carbons (Fsp3) is 0.562. The summed E-state index contributed by atoms with van der Waals surface area (Å²) in [4.78, 5) is 14.3. The number of benzene rings is 1. The quantitative estimate of drug-likeness (QED) is 0.903. The standard InChI is InChI=1S/C16H22N2O/c19-16(17-15-8-2-1-3-9-15)12-18-10-13-6-4-5-7-14(13)11-18/h4-7,15H,1-3,8-12H2,(H,17,19). The summed E-state index contributed by atoms with van der Waals surface area (Å²) < 4.78 is 0. The summed E-state index contributed by atoms with van der Waals surface area (Å²) >= 11 is 0. The highest BCUT2D eigenvalue weighted by Gasteiger charge is 2.22. The Morgan fingerprint density at radius 2 is 1.74 bits per heavy atom. The minimum Gasteiger partial charge on any atom is -0.352 e. The fourth-order valence-electron chi connectivity index (χ4n) is 3.24. The molecule has 0 aromatic heterocycles. The largest absolute Gasteiger partial charge is 0.352 e. The van der Waals surface area contributed by atoms with E-state index in [1.807, 2.05) is 0 Å². The van der Waals surface area contributed by atoms with E-state index in [4.69, 9.17) is 0 Å². The second kappa shape index (κ2) is 5.74. The van der Waals surface area contributed by atoms with Crippen LogP contribution in [-0.2, 0) is 17.9 Å². The molecule has 1 aliphatic heterocycles. The van der Waals surface area contributed by atoms with Crippen LogP contribution >= 0.6 is 0 Å². The predicted molar refractivity (Wildman–Crippen MR) is 75.6 cm³/mol. The number of amides is 1. The third kappa shape index (κ3) is 3.16. The molecule has 3 rings (SSSR count). The smallest absolute Gasteiger partial charge is 0.234 e. The maximum absolute atomic E-state index is 12.1. The number of nitrogens with zero attached hydrogens (tertiary/aromatic N) is 1. The number of hydrogen-bond donors (Lipinski definition) is 1. The second-order valence-electron chi connectivity index (χ2n) is 5.82. The molecular formula is C16H22N2O. The Morgan fingerprint density at radius 1 is 1.11 bits per heavy atom. The molecule has 1 amide bonds. The van der Waals surface area contributed by atoms with Crippen LogP contribution in [-0.4, -0.2) is 23.4 Å². The number of hydrogen-bond acceptors (Lipinski definition) is 2. The van der Waals surface area contributed by atoms with Crippen LogP contribution in [0, 0.1) is 0 Å². The molecule has 0 radical (unpaired) electrons. The van der Waals surface area contributed by atoms with E-state index in [-0.39, 0.29) is 5.91 Å². The highest BCUT2D eigenvalue weighted by Crippen LogP contribution is 2.22. The summed E-state index contributed by atoms with van der Waals surface area (Å²) in [5.41, 5.74) is 2.74. The van der Waals surface area contributed by atoms with E-state index in [9.17, 15) is 4.79 Å². The third-order valence-electron chi connectivity index (χ3n) is 4.24. The molecule has 1 aliphatic carbocycles. The maximum Gasteiger partial charge on any atom is 0.234 e. The first-order chi connectivity index (χ1) is 9.31. The topological polar surface area (TPSA) is 32.3 Å². The van der Waals surface area contributed by atoms with Gasteiger partial charge in [0.2, 0.25) is 5.91 Å². The molecule has 3 nitrogen and oxygen atoms in total. The van der Waals surface area contributed by atoms with Gasteiger partial charge in [0.05, 0.1) is 6.54 Å². The summed E-state index contributed by atoms with van der Waals surface area (Å²) in [6.07, 6.45) is 6.17. The van der Waals surface area contributed by atoms with Gasteiger partial charge in [-0.05, 0) is 24.0 Å². The second-order valence-corrected chi connectivity index (χ2v) is 5.82. The first-order valence-electron chi connectivity index (χ1n) is 7.40. The third-order valence-corrected chi connectivity index (χ3v) is 4.24. The van der Waals surface area contributed by atoms with Crippen molar-refractivity contribution in [3.05, 3.63) is 35.4 Å². The summed E-state index contributed by atoms with van der Waals surface area (Å²) in [6, 6.07) is 8.89. The van der Waals surface area contributed by atoms with Crippen LogP contribution < -0.4 is 5.32 Å². The van der Waals surface area contributed by atoms with E-state index in [0.29, 0.717) is 12.6 Å². The van der Waals surface area contributed by atoms with Crippen molar-refractivity contribution in [1.29, 1.82) is 0 Å². The molecule has 1 aromatic carbocycles. The van der Waals surface area contributed by atoms with Crippen molar-refractivity contribution in [2.24, 2.45) is 0 Å². The van der Waals surface area contributed by atoms with Crippen molar-refractivity contribution in [3.63, 3.8) is 0 Å². The molecule has 1 saturated carbocycles. The van der Waals surface area contributed by atoms with Crippen molar-refractivity contribution >= 4 is 5.91 Å². The van der Waals surface area contributed by atoms with Gasteiger partial charge in [0.25, 0.3) is 0 Å². The number of carbonyl (C=O) groups is 1. The minimum absolute atomic E-state index is 0.194. The molecule has 2 aliphatic rings. The lowest BCUT2D eigenvalue weighted by Gasteiger charge is -2.24. The van der Waals surface area contributed by atoms with Gasteiger partial charge in [-0.2, -0.15) is 0 Å². The Bertz CT molecular complexity index is 427. The van der Waals surface area contributed by atoms with Crippen molar-refractivity contribution in [1.82, 2.24) is 10.2 Å². The van der Waals surface area contributed by atoms with Crippen molar-refractivity contribution < 1.29 is 4.79 Å². The van der Waals surface area contributed by atoms with E-state index in [1.165, 1.54) is 30.4 Å². The number of carbonyl (C=O) groups excluding carboxylic acids is 1. The lowest BCUT2D eigenvalue weighted by molar-refractivity contribution is -0.123. The monoisotopic (exact) mass is 258 g/mol.